The number of carbonyl (C=O) groups is 2. The third-order valence-electron chi connectivity index (χ3n) is 4.13. The number of benzene rings is 2. The molecule has 2 aromatic carbocycles. The summed E-state index contributed by atoms with van der Waals surface area (Å²) in [6.07, 6.45) is 6.45. The van der Waals surface area contributed by atoms with Crippen LogP contribution in [0.3, 0.4) is 0 Å². The van der Waals surface area contributed by atoms with Crippen LogP contribution in [-0.4, -0.2) is 23.1 Å². The number of terminal acetylenes is 1. The maximum Gasteiger partial charge on any atom is 0.338 e. The fourth-order valence-corrected chi connectivity index (χ4v) is 3.89. The molecule has 28 heavy (non-hydrogen) atoms. The van der Waals surface area contributed by atoms with Crippen molar-refractivity contribution in [2.75, 3.05) is 6.61 Å². The van der Waals surface area contributed by atoms with Crippen LogP contribution in [0.4, 0.5) is 0 Å². The van der Waals surface area contributed by atoms with E-state index in [9.17, 15) is 9.59 Å². The summed E-state index contributed by atoms with van der Waals surface area (Å²) >= 11 is 1.34. The minimum Gasteiger partial charge on any atom is -0.462 e. The fraction of sp³-hybridized carbons (Fsp3) is 0.227. The predicted molar refractivity (Wildman–Crippen MR) is 110 cm³/mol. The molecule has 0 saturated carbocycles. The van der Waals surface area contributed by atoms with Crippen LogP contribution >= 0.6 is 11.3 Å². The van der Waals surface area contributed by atoms with Gasteiger partial charge in [0.1, 0.15) is 0 Å². The van der Waals surface area contributed by atoms with Crippen molar-refractivity contribution in [2.24, 2.45) is 4.99 Å². The molecule has 0 aliphatic carbocycles. The van der Waals surface area contributed by atoms with E-state index in [1.54, 1.807) is 19.1 Å². The second kappa shape index (κ2) is 9.16. The molecule has 0 radical (unpaired) electrons. The van der Waals surface area contributed by atoms with E-state index >= 15 is 0 Å². The quantitative estimate of drug-likeness (QED) is 0.476. The molecule has 0 unspecified atom stereocenters. The van der Waals surface area contributed by atoms with Crippen molar-refractivity contribution in [3.05, 3.63) is 64.5 Å². The van der Waals surface area contributed by atoms with Gasteiger partial charge in [-0.1, -0.05) is 47.6 Å². The van der Waals surface area contributed by atoms with Gasteiger partial charge in [-0.15, -0.1) is 6.42 Å². The first-order valence-electron chi connectivity index (χ1n) is 8.98. The molecule has 0 bridgehead atoms. The van der Waals surface area contributed by atoms with Crippen molar-refractivity contribution in [3.63, 3.8) is 0 Å². The van der Waals surface area contributed by atoms with Gasteiger partial charge in [0.25, 0.3) is 0 Å². The van der Waals surface area contributed by atoms with Crippen LogP contribution in [0.25, 0.3) is 10.2 Å². The predicted octanol–water partition coefficient (Wildman–Crippen LogP) is 3.57. The first-order valence-corrected chi connectivity index (χ1v) is 9.79. The van der Waals surface area contributed by atoms with Gasteiger partial charge in [-0.2, -0.15) is 4.99 Å². The second-order valence-corrected chi connectivity index (χ2v) is 7.08. The average molecular weight is 392 g/mol. The Hall–Kier alpha value is -3.17. The highest BCUT2D eigenvalue weighted by Gasteiger charge is 2.12. The zero-order chi connectivity index (χ0) is 19.9. The van der Waals surface area contributed by atoms with Gasteiger partial charge in [-0.25, -0.2) is 4.79 Å². The first kappa shape index (κ1) is 19.6. The number of esters is 1. The summed E-state index contributed by atoms with van der Waals surface area (Å²) in [6, 6.07) is 15.1. The zero-order valence-corrected chi connectivity index (χ0v) is 16.4. The second-order valence-electron chi connectivity index (χ2n) is 6.07. The summed E-state index contributed by atoms with van der Waals surface area (Å²) in [5.41, 5.74) is 2.40. The standard InChI is InChI=1S/C22H20N2O3S/c1-3-14-24-18-12-11-17(21(26)27-4-2)15-19(18)28-22(24)23-20(25)13-10-16-8-6-5-7-9-16/h1,5-9,11-12,15H,4,10,13-14H2,2H3. The topological polar surface area (TPSA) is 60.7 Å². The Labute approximate surface area is 167 Å². The maximum absolute atomic E-state index is 12.4. The van der Waals surface area contributed by atoms with Crippen molar-refractivity contribution in [1.29, 1.82) is 0 Å². The van der Waals surface area contributed by atoms with Crippen molar-refractivity contribution < 1.29 is 14.3 Å². The van der Waals surface area contributed by atoms with E-state index < -0.39 is 0 Å². The SMILES string of the molecule is C#CCn1c(=NC(=O)CCc2ccccc2)sc2cc(C(=O)OCC)ccc21. The Bertz CT molecular complexity index is 1100. The van der Waals surface area contributed by atoms with Gasteiger partial charge >= 0.3 is 5.97 Å². The van der Waals surface area contributed by atoms with Gasteiger partial charge in [-0.3, -0.25) is 4.79 Å². The number of fused-ring (bicyclic) bond motifs is 1. The molecule has 0 aliphatic rings. The van der Waals surface area contributed by atoms with Crippen molar-refractivity contribution in [3.8, 4) is 12.3 Å². The summed E-state index contributed by atoms with van der Waals surface area (Å²) in [5, 5.41) is 0. The number of amides is 1. The maximum atomic E-state index is 12.4. The molecule has 1 heterocycles. The summed E-state index contributed by atoms with van der Waals surface area (Å²) in [7, 11) is 0. The van der Waals surface area contributed by atoms with Crippen molar-refractivity contribution in [1.82, 2.24) is 4.57 Å². The van der Waals surface area contributed by atoms with Crippen LogP contribution in [0.15, 0.2) is 53.5 Å². The van der Waals surface area contributed by atoms with E-state index in [1.807, 2.05) is 41.0 Å². The van der Waals surface area contributed by atoms with E-state index in [-0.39, 0.29) is 11.9 Å². The molecule has 1 amide bonds. The van der Waals surface area contributed by atoms with Crippen molar-refractivity contribution >= 4 is 33.4 Å². The normalized spacial score (nSPS) is 11.4. The zero-order valence-electron chi connectivity index (χ0n) is 15.6. The largest absolute Gasteiger partial charge is 0.462 e. The molecule has 1 aromatic heterocycles. The molecule has 3 aromatic rings. The van der Waals surface area contributed by atoms with Crippen molar-refractivity contribution in [2.45, 2.75) is 26.3 Å². The number of hydrogen-bond donors (Lipinski definition) is 0. The highest BCUT2D eigenvalue weighted by molar-refractivity contribution is 7.16. The lowest BCUT2D eigenvalue weighted by atomic mass is 10.1. The Kier molecular flexibility index (Phi) is 6.41. The van der Waals surface area contributed by atoms with Crippen LogP contribution in [-0.2, 0) is 22.5 Å². The van der Waals surface area contributed by atoms with E-state index in [0.29, 0.717) is 36.4 Å². The van der Waals surface area contributed by atoms with E-state index in [1.165, 1.54) is 11.3 Å². The van der Waals surface area contributed by atoms with E-state index in [2.05, 4.69) is 10.9 Å². The van der Waals surface area contributed by atoms with Gasteiger partial charge in [-0.05, 0) is 37.1 Å². The molecule has 5 nitrogen and oxygen atoms in total. The average Bonchev–Trinajstić information content (AvgIpc) is 3.04. The minimum atomic E-state index is -0.376. The molecule has 0 atom stereocenters. The number of ether oxygens (including phenoxy) is 1. The number of aromatic nitrogens is 1. The molecule has 0 spiro atoms. The van der Waals surface area contributed by atoms with Gasteiger partial charge in [0.15, 0.2) is 4.80 Å². The molecule has 0 saturated heterocycles. The molecule has 0 fully saturated rings. The van der Waals surface area contributed by atoms with Crippen LogP contribution in [0.1, 0.15) is 29.3 Å². The van der Waals surface area contributed by atoms with Gasteiger partial charge < -0.3 is 9.30 Å². The van der Waals surface area contributed by atoms with E-state index in [4.69, 9.17) is 11.2 Å². The molecule has 3 rings (SSSR count). The molecular weight excluding hydrogens is 372 g/mol. The molecule has 0 aliphatic heterocycles. The summed E-state index contributed by atoms with van der Waals surface area (Å²) in [6.45, 7) is 2.37. The number of carbonyl (C=O) groups excluding carboxylic acids is 2. The van der Waals surface area contributed by atoms with E-state index in [0.717, 1.165) is 15.8 Å². The van der Waals surface area contributed by atoms with Crippen LogP contribution in [0.2, 0.25) is 0 Å². The lowest BCUT2D eigenvalue weighted by Crippen LogP contribution is -2.16. The Morgan fingerprint density at radius 2 is 2.00 bits per heavy atom. The molecular formula is C22H20N2O3S. The molecule has 6 heteroatoms. The van der Waals surface area contributed by atoms with Gasteiger partial charge in [0.05, 0.1) is 28.9 Å². The monoisotopic (exact) mass is 392 g/mol. The lowest BCUT2D eigenvalue weighted by molar-refractivity contribution is -0.118. The number of rotatable bonds is 6. The molecule has 142 valence electrons. The first-order chi connectivity index (χ1) is 13.6. The summed E-state index contributed by atoms with van der Waals surface area (Å²) < 4.78 is 7.69. The number of aryl methyl sites for hydroxylation is 1. The fourth-order valence-electron chi connectivity index (χ4n) is 2.80. The third-order valence-corrected chi connectivity index (χ3v) is 5.18. The molecule has 0 N–H and O–H groups in total. The Morgan fingerprint density at radius 3 is 2.71 bits per heavy atom. The minimum absolute atomic E-state index is 0.202. The third kappa shape index (κ3) is 4.56. The number of nitrogens with zero attached hydrogens (tertiary/aromatic N) is 2. The number of hydrogen-bond acceptors (Lipinski definition) is 4. The van der Waals surface area contributed by atoms with Crippen LogP contribution in [0.5, 0.6) is 0 Å². The van der Waals surface area contributed by atoms with Crippen LogP contribution < -0.4 is 4.80 Å². The van der Waals surface area contributed by atoms with Gasteiger partial charge in [0, 0.05) is 6.42 Å². The number of thiazole rings is 1. The lowest BCUT2D eigenvalue weighted by Gasteiger charge is -2.03. The summed E-state index contributed by atoms with van der Waals surface area (Å²) in [4.78, 5) is 29.2. The van der Waals surface area contributed by atoms with Crippen LogP contribution in [0, 0.1) is 12.3 Å². The summed E-state index contributed by atoms with van der Waals surface area (Å²) in [5.74, 6) is 2.02. The Balaban J connectivity index is 1.91. The highest BCUT2D eigenvalue weighted by atomic mass is 32.1. The Morgan fingerprint density at radius 1 is 1.21 bits per heavy atom. The highest BCUT2D eigenvalue weighted by Crippen LogP contribution is 2.20. The van der Waals surface area contributed by atoms with Gasteiger partial charge in [0.2, 0.25) is 5.91 Å². The smallest absolute Gasteiger partial charge is 0.338 e.